The standard InChI is InChI=1S/C31H29N3OS3/c1-3-4-19-37-27-17-15-24(16-18-27)29-25(21-33(32-29)26-13-9-6-10-14-26)20-28-30(35)34(31(36)38-28)22(2)23-11-7-5-8-12-23/h5-18,20-22H,3-4,19H2,1-2H3. The Labute approximate surface area is 238 Å². The van der Waals surface area contributed by atoms with E-state index in [0.717, 1.165) is 33.8 Å². The summed E-state index contributed by atoms with van der Waals surface area (Å²) in [6.07, 6.45) is 6.32. The van der Waals surface area contributed by atoms with Crippen LogP contribution in [0, 0.1) is 0 Å². The highest BCUT2D eigenvalue weighted by Crippen LogP contribution is 2.39. The summed E-state index contributed by atoms with van der Waals surface area (Å²) in [7, 11) is 0. The van der Waals surface area contributed by atoms with Gasteiger partial charge in [0.25, 0.3) is 5.91 Å². The van der Waals surface area contributed by atoms with E-state index in [9.17, 15) is 4.79 Å². The van der Waals surface area contributed by atoms with Crippen LogP contribution in [0.4, 0.5) is 0 Å². The lowest BCUT2D eigenvalue weighted by Gasteiger charge is -2.23. The van der Waals surface area contributed by atoms with E-state index in [1.54, 1.807) is 4.90 Å². The molecule has 4 aromatic rings. The number of amides is 1. The summed E-state index contributed by atoms with van der Waals surface area (Å²) in [5, 5.41) is 4.94. The van der Waals surface area contributed by atoms with Crippen LogP contribution in [-0.4, -0.2) is 30.7 Å². The Hall–Kier alpha value is -3.13. The van der Waals surface area contributed by atoms with Gasteiger partial charge in [-0.25, -0.2) is 4.68 Å². The van der Waals surface area contributed by atoms with Crippen LogP contribution in [0.2, 0.25) is 0 Å². The zero-order chi connectivity index (χ0) is 26.5. The van der Waals surface area contributed by atoms with Crippen molar-refractivity contribution in [1.82, 2.24) is 14.7 Å². The molecule has 38 heavy (non-hydrogen) atoms. The first-order valence-electron chi connectivity index (χ1n) is 12.8. The highest BCUT2D eigenvalue weighted by molar-refractivity contribution is 8.26. The molecule has 1 fully saturated rings. The second kappa shape index (κ2) is 12.2. The van der Waals surface area contributed by atoms with Crippen LogP contribution in [0.25, 0.3) is 23.0 Å². The number of thiocarbonyl (C=S) groups is 1. The molecule has 7 heteroatoms. The summed E-state index contributed by atoms with van der Waals surface area (Å²) < 4.78 is 2.45. The average Bonchev–Trinajstić information content (AvgIpc) is 3.50. The van der Waals surface area contributed by atoms with E-state index in [0.29, 0.717) is 9.23 Å². The van der Waals surface area contributed by atoms with Gasteiger partial charge in [0.05, 0.1) is 22.3 Å². The highest BCUT2D eigenvalue weighted by Gasteiger charge is 2.36. The van der Waals surface area contributed by atoms with Crippen molar-refractivity contribution in [1.29, 1.82) is 0 Å². The first kappa shape index (κ1) is 26.5. The van der Waals surface area contributed by atoms with Gasteiger partial charge in [0.2, 0.25) is 0 Å². The summed E-state index contributed by atoms with van der Waals surface area (Å²) in [6.45, 7) is 4.23. The number of aromatic nitrogens is 2. The first-order valence-corrected chi connectivity index (χ1v) is 15.0. The van der Waals surface area contributed by atoms with E-state index >= 15 is 0 Å². The van der Waals surface area contributed by atoms with E-state index in [1.165, 1.54) is 29.5 Å². The lowest BCUT2D eigenvalue weighted by molar-refractivity contribution is -0.123. The third-order valence-corrected chi connectivity index (χ3v) is 8.87. The van der Waals surface area contributed by atoms with Gasteiger partial charge >= 0.3 is 0 Å². The summed E-state index contributed by atoms with van der Waals surface area (Å²) in [5.41, 5.74) is 4.75. The Balaban J connectivity index is 1.49. The van der Waals surface area contributed by atoms with Crippen molar-refractivity contribution in [2.24, 2.45) is 0 Å². The van der Waals surface area contributed by atoms with Gasteiger partial charge in [0, 0.05) is 22.2 Å². The largest absolute Gasteiger partial charge is 0.286 e. The second-order valence-electron chi connectivity index (χ2n) is 9.08. The Morgan fingerprint density at radius 2 is 1.68 bits per heavy atom. The predicted molar refractivity (Wildman–Crippen MR) is 165 cm³/mol. The van der Waals surface area contributed by atoms with Gasteiger partial charge in [0.1, 0.15) is 4.32 Å². The van der Waals surface area contributed by atoms with Crippen molar-refractivity contribution in [2.45, 2.75) is 37.6 Å². The molecule has 1 unspecified atom stereocenters. The molecular formula is C31H29N3OS3. The zero-order valence-corrected chi connectivity index (χ0v) is 23.9. The number of carbonyl (C=O) groups excluding carboxylic acids is 1. The van der Waals surface area contributed by atoms with Crippen LogP contribution < -0.4 is 0 Å². The second-order valence-corrected chi connectivity index (χ2v) is 11.9. The van der Waals surface area contributed by atoms with Crippen LogP contribution in [0.5, 0.6) is 0 Å². The van der Waals surface area contributed by atoms with E-state index in [-0.39, 0.29) is 11.9 Å². The lowest BCUT2D eigenvalue weighted by Crippen LogP contribution is -2.30. The zero-order valence-electron chi connectivity index (χ0n) is 21.4. The number of thioether (sulfide) groups is 2. The number of benzene rings is 3. The normalized spacial score (nSPS) is 15.4. The molecule has 1 saturated heterocycles. The highest BCUT2D eigenvalue weighted by atomic mass is 32.2. The summed E-state index contributed by atoms with van der Waals surface area (Å²) in [5.74, 6) is 1.05. The lowest BCUT2D eigenvalue weighted by atomic mass is 10.1. The molecule has 4 nitrogen and oxygen atoms in total. The van der Waals surface area contributed by atoms with E-state index in [2.05, 4.69) is 31.2 Å². The molecule has 0 bridgehead atoms. The number of nitrogens with zero attached hydrogens (tertiary/aromatic N) is 3. The van der Waals surface area contributed by atoms with E-state index in [4.69, 9.17) is 17.3 Å². The van der Waals surface area contributed by atoms with Gasteiger partial charge < -0.3 is 0 Å². The van der Waals surface area contributed by atoms with Crippen molar-refractivity contribution in [3.63, 3.8) is 0 Å². The number of carbonyl (C=O) groups is 1. The molecule has 0 N–H and O–H groups in total. The van der Waals surface area contributed by atoms with Crippen molar-refractivity contribution in [2.75, 3.05) is 5.75 Å². The van der Waals surface area contributed by atoms with Gasteiger partial charge in [0.15, 0.2) is 0 Å². The van der Waals surface area contributed by atoms with Crippen LogP contribution in [0.3, 0.4) is 0 Å². The van der Waals surface area contributed by atoms with Crippen molar-refractivity contribution in [3.05, 3.63) is 107 Å². The molecule has 1 aliphatic heterocycles. The molecule has 1 atom stereocenters. The number of para-hydroxylation sites is 1. The number of hydrogen-bond acceptors (Lipinski definition) is 5. The van der Waals surface area contributed by atoms with Crippen LogP contribution in [-0.2, 0) is 4.79 Å². The van der Waals surface area contributed by atoms with Crippen molar-refractivity contribution in [3.8, 4) is 16.9 Å². The number of rotatable bonds is 9. The maximum absolute atomic E-state index is 13.5. The van der Waals surface area contributed by atoms with Gasteiger partial charge in [-0.1, -0.05) is 98.0 Å². The monoisotopic (exact) mass is 555 g/mol. The smallest absolute Gasteiger partial charge is 0.266 e. The third kappa shape index (κ3) is 5.80. The molecule has 0 spiro atoms. The molecule has 3 aromatic carbocycles. The predicted octanol–water partition coefficient (Wildman–Crippen LogP) is 8.39. The minimum atomic E-state index is -0.140. The fourth-order valence-corrected chi connectivity index (χ4v) is 6.72. The Kier molecular flexibility index (Phi) is 8.47. The van der Waals surface area contributed by atoms with E-state index < -0.39 is 0 Å². The maximum Gasteiger partial charge on any atom is 0.266 e. The Bertz CT molecular complexity index is 1450. The Morgan fingerprint density at radius 3 is 2.37 bits per heavy atom. The number of hydrogen-bond donors (Lipinski definition) is 0. The fraction of sp³-hybridized carbons (Fsp3) is 0.194. The van der Waals surface area contributed by atoms with Crippen molar-refractivity contribution >= 4 is 52.0 Å². The number of unbranched alkanes of at least 4 members (excludes halogenated alkanes) is 1. The van der Waals surface area contributed by atoms with Gasteiger partial charge in [-0.15, -0.1) is 11.8 Å². The minimum absolute atomic E-state index is 0.0718. The molecule has 1 aliphatic rings. The molecular weight excluding hydrogens is 527 g/mol. The van der Waals surface area contributed by atoms with Gasteiger partial charge in [-0.3, -0.25) is 9.69 Å². The third-order valence-electron chi connectivity index (χ3n) is 6.44. The van der Waals surface area contributed by atoms with Crippen LogP contribution >= 0.6 is 35.7 Å². The molecule has 1 amide bonds. The fourth-order valence-electron chi connectivity index (χ4n) is 4.31. The van der Waals surface area contributed by atoms with Crippen LogP contribution in [0.15, 0.2) is 101 Å². The van der Waals surface area contributed by atoms with E-state index in [1.807, 2.05) is 96.3 Å². The quantitative estimate of drug-likeness (QED) is 0.0897. The summed E-state index contributed by atoms with van der Waals surface area (Å²) in [6, 6.07) is 28.4. The molecule has 0 saturated carbocycles. The SMILES string of the molecule is CCCCSc1ccc(-c2nn(-c3ccccc3)cc2C=C2SC(=S)N(C(C)c3ccccc3)C2=O)cc1. The summed E-state index contributed by atoms with van der Waals surface area (Å²) >= 11 is 8.89. The Morgan fingerprint density at radius 1 is 1.00 bits per heavy atom. The molecule has 0 aliphatic carbocycles. The topological polar surface area (TPSA) is 38.1 Å². The molecule has 1 aromatic heterocycles. The molecule has 192 valence electrons. The van der Waals surface area contributed by atoms with Gasteiger partial charge in [-0.05, 0) is 55.0 Å². The van der Waals surface area contributed by atoms with Crippen LogP contribution in [0.1, 0.15) is 43.9 Å². The van der Waals surface area contributed by atoms with Crippen molar-refractivity contribution < 1.29 is 4.79 Å². The molecule has 2 heterocycles. The molecule has 5 rings (SSSR count). The minimum Gasteiger partial charge on any atom is -0.286 e. The summed E-state index contributed by atoms with van der Waals surface area (Å²) in [4.78, 5) is 17.1. The maximum atomic E-state index is 13.5. The average molecular weight is 556 g/mol. The molecule has 0 radical (unpaired) electrons. The van der Waals surface area contributed by atoms with Gasteiger partial charge in [-0.2, -0.15) is 5.10 Å². The first-order chi connectivity index (χ1) is 18.5.